The molecule has 1 aromatic rings. The van der Waals surface area contributed by atoms with E-state index >= 15 is 0 Å². The fourth-order valence-electron chi connectivity index (χ4n) is 4.35. The second-order valence-electron chi connectivity index (χ2n) is 6.35. The van der Waals surface area contributed by atoms with Crippen LogP contribution in [-0.2, 0) is 6.42 Å². The van der Waals surface area contributed by atoms with E-state index in [0.29, 0.717) is 23.9 Å². The zero-order valence-electron chi connectivity index (χ0n) is 11.3. The van der Waals surface area contributed by atoms with E-state index in [4.69, 9.17) is 17.3 Å². The zero-order valence-corrected chi connectivity index (χ0v) is 12.1. The van der Waals surface area contributed by atoms with Crippen LogP contribution in [0.1, 0.15) is 31.2 Å². The second kappa shape index (κ2) is 5.01. The SMILES string of the molecule is NCC1(Cc2cc(Cl)ccc2[N+](=O)[O-])CC2CCC1C2. The number of rotatable bonds is 4. The van der Waals surface area contributed by atoms with E-state index in [0.717, 1.165) is 17.9 Å². The van der Waals surface area contributed by atoms with Gasteiger partial charge in [0.2, 0.25) is 0 Å². The molecule has 2 saturated carbocycles. The normalized spacial score (nSPS) is 31.7. The Bertz CT molecular complexity index is 549. The zero-order chi connectivity index (χ0) is 14.3. The first-order valence-corrected chi connectivity index (χ1v) is 7.55. The van der Waals surface area contributed by atoms with Crippen LogP contribution in [-0.4, -0.2) is 11.5 Å². The van der Waals surface area contributed by atoms with Crippen LogP contribution in [0.15, 0.2) is 18.2 Å². The maximum atomic E-state index is 11.2. The van der Waals surface area contributed by atoms with E-state index in [1.165, 1.54) is 25.3 Å². The van der Waals surface area contributed by atoms with Gasteiger partial charge in [0.1, 0.15) is 0 Å². The van der Waals surface area contributed by atoms with Gasteiger partial charge in [-0.05, 0) is 61.6 Å². The molecule has 2 N–H and O–H groups in total. The molecule has 5 heteroatoms. The number of hydrogen-bond donors (Lipinski definition) is 1. The molecule has 1 aromatic carbocycles. The number of benzene rings is 1. The molecule has 0 heterocycles. The average molecular weight is 295 g/mol. The van der Waals surface area contributed by atoms with Gasteiger partial charge in [0.05, 0.1) is 4.92 Å². The van der Waals surface area contributed by atoms with Crippen molar-refractivity contribution >= 4 is 17.3 Å². The summed E-state index contributed by atoms with van der Waals surface area (Å²) in [5.41, 5.74) is 7.01. The predicted molar refractivity (Wildman–Crippen MR) is 78.7 cm³/mol. The lowest BCUT2D eigenvalue weighted by Crippen LogP contribution is -2.38. The van der Waals surface area contributed by atoms with Gasteiger partial charge in [-0.25, -0.2) is 0 Å². The number of nitro benzene ring substituents is 1. The Balaban J connectivity index is 1.94. The molecule has 0 aliphatic heterocycles. The maximum absolute atomic E-state index is 11.2. The Morgan fingerprint density at radius 1 is 1.45 bits per heavy atom. The molecule has 2 aliphatic carbocycles. The summed E-state index contributed by atoms with van der Waals surface area (Å²) in [6.45, 7) is 0.609. The monoisotopic (exact) mass is 294 g/mol. The minimum Gasteiger partial charge on any atom is -0.330 e. The third-order valence-corrected chi connectivity index (χ3v) is 5.52. The molecule has 3 rings (SSSR count). The van der Waals surface area contributed by atoms with Gasteiger partial charge in [-0.15, -0.1) is 0 Å². The highest BCUT2D eigenvalue weighted by molar-refractivity contribution is 6.30. The molecule has 0 aromatic heterocycles. The van der Waals surface area contributed by atoms with Crippen molar-refractivity contribution in [1.29, 1.82) is 0 Å². The predicted octanol–water partition coefficient (Wildman–Crippen LogP) is 3.56. The van der Waals surface area contributed by atoms with E-state index in [9.17, 15) is 10.1 Å². The molecule has 0 spiro atoms. The summed E-state index contributed by atoms with van der Waals surface area (Å²) < 4.78 is 0. The van der Waals surface area contributed by atoms with Crippen molar-refractivity contribution in [1.82, 2.24) is 0 Å². The van der Waals surface area contributed by atoms with Gasteiger partial charge >= 0.3 is 0 Å². The van der Waals surface area contributed by atoms with Gasteiger partial charge in [0, 0.05) is 16.7 Å². The number of fused-ring (bicyclic) bond motifs is 2. The molecular formula is C15H19ClN2O2. The topological polar surface area (TPSA) is 69.2 Å². The van der Waals surface area contributed by atoms with E-state index in [-0.39, 0.29) is 16.0 Å². The summed E-state index contributed by atoms with van der Waals surface area (Å²) in [5, 5.41) is 11.7. The van der Waals surface area contributed by atoms with E-state index in [1.54, 1.807) is 12.1 Å². The Hall–Kier alpha value is -1.13. The molecule has 0 radical (unpaired) electrons. The lowest BCUT2D eigenvalue weighted by Gasteiger charge is -2.36. The maximum Gasteiger partial charge on any atom is 0.272 e. The molecule has 20 heavy (non-hydrogen) atoms. The van der Waals surface area contributed by atoms with Crippen LogP contribution in [0.25, 0.3) is 0 Å². The molecule has 2 fully saturated rings. The first-order valence-electron chi connectivity index (χ1n) is 7.17. The molecule has 2 aliphatic rings. The minimum atomic E-state index is -0.316. The summed E-state index contributed by atoms with van der Waals surface area (Å²) in [4.78, 5) is 10.9. The van der Waals surface area contributed by atoms with Crippen molar-refractivity contribution in [3.8, 4) is 0 Å². The van der Waals surface area contributed by atoms with E-state index in [2.05, 4.69) is 0 Å². The van der Waals surface area contributed by atoms with Crippen LogP contribution >= 0.6 is 11.6 Å². The fraction of sp³-hybridized carbons (Fsp3) is 0.600. The van der Waals surface area contributed by atoms with Gasteiger partial charge in [-0.3, -0.25) is 10.1 Å². The van der Waals surface area contributed by atoms with Crippen LogP contribution < -0.4 is 5.73 Å². The van der Waals surface area contributed by atoms with Crippen molar-refractivity contribution in [2.75, 3.05) is 6.54 Å². The quantitative estimate of drug-likeness (QED) is 0.682. The fourth-order valence-corrected chi connectivity index (χ4v) is 4.54. The summed E-state index contributed by atoms with van der Waals surface area (Å²) in [6, 6.07) is 4.83. The average Bonchev–Trinajstić information content (AvgIpc) is 2.99. The van der Waals surface area contributed by atoms with Gasteiger partial charge in [0.15, 0.2) is 0 Å². The van der Waals surface area contributed by atoms with Crippen LogP contribution in [0.2, 0.25) is 5.02 Å². The van der Waals surface area contributed by atoms with Crippen LogP contribution in [0.5, 0.6) is 0 Å². The lowest BCUT2D eigenvalue weighted by molar-refractivity contribution is -0.385. The Morgan fingerprint density at radius 3 is 2.80 bits per heavy atom. The molecule has 108 valence electrons. The Kier molecular flexibility index (Phi) is 3.46. The highest BCUT2D eigenvalue weighted by Crippen LogP contribution is 2.57. The Morgan fingerprint density at radius 2 is 2.25 bits per heavy atom. The number of nitro groups is 1. The number of halogens is 1. The van der Waals surface area contributed by atoms with Gasteiger partial charge in [-0.1, -0.05) is 18.0 Å². The smallest absolute Gasteiger partial charge is 0.272 e. The third kappa shape index (κ3) is 2.21. The highest BCUT2D eigenvalue weighted by Gasteiger charge is 2.50. The highest BCUT2D eigenvalue weighted by atomic mass is 35.5. The van der Waals surface area contributed by atoms with E-state index in [1.807, 2.05) is 0 Å². The van der Waals surface area contributed by atoms with Crippen molar-refractivity contribution < 1.29 is 4.92 Å². The standard InChI is InChI=1S/C15H19ClN2O2/c16-13-3-4-14(18(19)20)11(6-13)8-15(9-17)7-10-1-2-12(15)5-10/h3-4,6,10,12H,1-2,5,7-9,17H2. The molecule has 3 atom stereocenters. The molecule has 2 bridgehead atoms. The Labute approximate surface area is 123 Å². The van der Waals surface area contributed by atoms with Gasteiger partial charge < -0.3 is 5.73 Å². The third-order valence-electron chi connectivity index (χ3n) is 5.29. The summed E-state index contributed by atoms with van der Waals surface area (Å²) in [7, 11) is 0. The second-order valence-corrected chi connectivity index (χ2v) is 6.79. The summed E-state index contributed by atoms with van der Waals surface area (Å²) >= 11 is 6.02. The summed E-state index contributed by atoms with van der Waals surface area (Å²) in [6.07, 6.45) is 5.55. The molecule has 0 saturated heterocycles. The van der Waals surface area contributed by atoms with Crippen molar-refractivity contribution in [3.05, 3.63) is 38.9 Å². The van der Waals surface area contributed by atoms with E-state index < -0.39 is 0 Å². The molecular weight excluding hydrogens is 276 g/mol. The first kappa shape index (κ1) is 13.8. The van der Waals surface area contributed by atoms with Crippen LogP contribution in [0.3, 0.4) is 0 Å². The van der Waals surface area contributed by atoms with Crippen molar-refractivity contribution in [2.24, 2.45) is 23.0 Å². The largest absolute Gasteiger partial charge is 0.330 e. The summed E-state index contributed by atoms with van der Waals surface area (Å²) in [5.74, 6) is 1.39. The first-order chi connectivity index (χ1) is 9.54. The lowest BCUT2D eigenvalue weighted by atomic mass is 9.69. The number of hydrogen-bond acceptors (Lipinski definition) is 3. The van der Waals surface area contributed by atoms with Gasteiger partial charge in [0.25, 0.3) is 5.69 Å². The number of nitrogens with two attached hydrogens (primary N) is 1. The van der Waals surface area contributed by atoms with Crippen LogP contribution in [0.4, 0.5) is 5.69 Å². The molecule has 0 amide bonds. The van der Waals surface area contributed by atoms with Gasteiger partial charge in [-0.2, -0.15) is 0 Å². The van der Waals surface area contributed by atoms with Crippen molar-refractivity contribution in [2.45, 2.75) is 32.1 Å². The van der Waals surface area contributed by atoms with Crippen LogP contribution in [0, 0.1) is 27.4 Å². The number of nitrogens with zero attached hydrogens (tertiary/aromatic N) is 1. The minimum absolute atomic E-state index is 0.0400. The van der Waals surface area contributed by atoms with Crippen molar-refractivity contribution in [3.63, 3.8) is 0 Å². The molecule has 3 unspecified atom stereocenters. The molecule has 4 nitrogen and oxygen atoms in total.